The number of carbonyl (C=O) groups is 2. The number of anilines is 1. The zero-order chi connectivity index (χ0) is 16.6. The van der Waals surface area contributed by atoms with Crippen molar-refractivity contribution in [2.75, 3.05) is 18.5 Å². The number of alkyl carbamates (subject to hydrolysis) is 1. The van der Waals surface area contributed by atoms with Crippen LogP contribution in [0.4, 0.5) is 15.3 Å². The van der Waals surface area contributed by atoms with Crippen LogP contribution in [-0.4, -0.2) is 30.9 Å². The predicted octanol–water partition coefficient (Wildman–Crippen LogP) is 3.32. The molecule has 0 spiro atoms. The van der Waals surface area contributed by atoms with Crippen LogP contribution in [-0.2, 0) is 15.9 Å². The number of amides is 2. The molecular weight excluding hydrogens is 284 g/mol. The van der Waals surface area contributed by atoms with Gasteiger partial charge < -0.3 is 14.8 Å². The number of carbonyl (C=O) groups excluding carboxylic acids is 2. The van der Waals surface area contributed by atoms with E-state index in [0.29, 0.717) is 25.3 Å². The molecule has 0 aliphatic rings. The summed E-state index contributed by atoms with van der Waals surface area (Å²) < 4.78 is 9.98. The molecule has 0 radical (unpaired) electrons. The van der Waals surface area contributed by atoms with Crippen LogP contribution in [0.1, 0.15) is 33.3 Å². The zero-order valence-corrected chi connectivity index (χ0v) is 13.6. The lowest BCUT2D eigenvalue weighted by Gasteiger charge is -2.19. The van der Waals surface area contributed by atoms with Crippen molar-refractivity contribution in [3.63, 3.8) is 0 Å². The van der Waals surface area contributed by atoms with Gasteiger partial charge in [0.1, 0.15) is 5.60 Å². The number of ether oxygens (including phenoxy) is 2. The minimum atomic E-state index is -0.506. The summed E-state index contributed by atoms with van der Waals surface area (Å²) in [6.45, 7) is 7.98. The van der Waals surface area contributed by atoms with Crippen LogP contribution in [0.5, 0.6) is 0 Å². The second-order valence-corrected chi connectivity index (χ2v) is 5.72. The smallest absolute Gasteiger partial charge is 0.411 e. The summed E-state index contributed by atoms with van der Waals surface area (Å²) in [4.78, 5) is 22.9. The van der Waals surface area contributed by atoms with Crippen molar-refractivity contribution < 1.29 is 19.1 Å². The predicted molar refractivity (Wildman–Crippen MR) is 85.0 cm³/mol. The largest absolute Gasteiger partial charge is 0.450 e. The molecule has 0 unspecified atom stereocenters. The first kappa shape index (κ1) is 17.8. The Morgan fingerprint density at radius 1 is 1.18 bits per heavy atom. The van der Waals surface area contributed by atoms with E-state index in [1.165, 1.54) is 0 Å². The normalized spacial score (nSPS) is 10.7. The third-order valence-electron chi connectivity index (χ3n) is 2.53. The number of rotatable bonds is 5. The maximum Gasteiger partial charge on any atom is 0.411 e. The summed E-state index contributed by atoms with van der Waals surface area (Å²) in [5, 5.41) is 5.34. The Morgan fingerprint density at radius 2 is 1.91 bits per heavy atom. The topological polar surface area (TPSA) is 76.7 Å². The molecule has 0 fully saturated rings. The first-order chi connectivity index (χ1) is 10.3. The fourth-order valence-electron chi connectivity index (χ4n) is 1.71. The minimum Gasteiger partial charge on any atom is -0.450 e. The highest BCUT2D eigenvalue weighted by atomic mass is 16.6. The Hall–Kier alpha value is -2.24. The van der Waals surface area contributed by atoms with Crippen molar-refractivity contribution >= 4 is 17.9 Å². The van der Waals surface area contributed by atoms with Gasteiger partial charge in [-0.2, -0.15) is 0 Å². The molecule has 122 valence electrons. The van der Waals surface area contributed by atoms with Gasteiger partial charge in [0.05, 0.1) is 6.61 Å². The van der Waals surface area contributed by atoms with Gasteiger partial charge in [0.15, 0.2) is 0 Å². The van der Waals surface area contributed by atoms with E-state index < -0.39 is 17.8 Å². The fraction of sp³-hybridized carbons (Fsp3) is 0.500. The monoisotopic (exact) mass is 308 g/mol. The van der Waals surface area contributed by atoms with Gasteiger partial charge in [0.25, 0.3) is 0 Å². The average Bonchev–Trinajstić information content (AvgIpc) is 2.37. The van der Waals surface area contributed by atoms with Crippen LogP contribution in [0.25, 0.3) is 0 Å². The van der Waals surface area contributed by atoms with Crippen LogP contribution >= 0.6 is 0 Å². The van der Waals surface area contributed by atoms with Crippen molar-refractivity contribution in [3.05, 3.63) is 29.8 Å². The number of hydrogen-bond donors (Lipinski definition) is 2. The average molecular weight is 308 g/mol. The highest BCUT2D eigenvalue weighted by Gasteiger charge is 2.15. The van der Waals surface area contributed by atoms with Gasteiger partial charge in [-0.25, -0.2) is 9.59 Å². The van der Waals surface area contributed by atoms with Crippen LogP contribution in [0.15, 0.2) is 24.3 Å². The van der Waals surface area contributed by atoms with E-state index in [1.54, 1.807) is 13.0 Å². The first-order valence-corrected chi connectivity index (χ1v) is 7.29. The highest BCUT2D eigenvalue weighted by molar-refractivity contribution is 5.84. The molecule has 6 heteroatoms. The molecule has 1 rings (SSSR count). The van der Waals surface area contributed by atoms with Gasteiger partial charge in [0.2, 0.25) is 0 Å². The zero-order valence-electron chi connectivity index (χ0n) is 13.6. The van der Waals surface area contributed by atoms with E-state index in [2.05, 4.69) is 10.6 Å². The third-order valence-corrected chi connectivity index (χ3v) is 2.53. The quantitative estimate of drug-likeness (QED) is 0.875. The Morgan fingerprint density at radius 3 is 2.55 bits per heavy atom. The molecular formula is C16H24N2O4. The highest BCUT2D eigenvalue weighted by Crippen LogP contribution is 2.11. The number of nitrogens with one attached hydrogen (secondary N) is 2. The molecule has 1 aromatic carbocycles. The maximum absolute atomic E-state index is 11.5. The second kappa shape index (κ2) is 8.26. The van der Waals surface area contributed by atoms with Crippen LogP contribution < -0.4 is 10.6 Å². The molecule has 0 heterocycles. The van der Waals surface area contributed by atoms with Crippen molar-refractivity contribution in [3.8, 4) is 0 Å². The summed E-state index contributed by atoms with van der Waals surface area (Å²) in [5.41, 5.74) is 1.15. The lowest BCUT2D eigenvalue weighted by molar-refractivity contribution is 0.0528. The lowest BCUT2D eigenvalue weighted by atomic mass is 10.1. The van der Waals surface area contributed by atoms with Crippen molar-refractivity contribution in [1.82, 2.24) is 5.32 Å². The van der Waals surface area contributed by atoms with Crippen LogP contribution in [0.2, 0.25) is 0 Å². The molecule has 0 aliphatic heterocycles. The van der Waals surface area contributed by atoms with Gasteiger partial charge in [-0.1, -0.05) is 12.1 Å². The maximum atomic E-state index is 11.5. The Labute approximate surface area is 131 Å². The first-order valence-electron chi connectivity index (χ1n) is 7.29. The molecule has 22 heavy (non-hydrogen) atoms. The molecule has 0 saturated heterocycles. The van der Waals surface area contributed by atoms with Gasteiger partial charge in [-0.05, 0) is 51.8 Å². The summed E-state index contributed by atoms with van der Waals surface area (Å²) in [6, 6.07) is 7.38. The molecule has 2 amide bonds. The number of hydrogen-bond acceptors (Lipinski definition) is 4. The molecule has 2 N–H and O–H groups in total. The van der Waals surface area contributed by atoms with E-state index in [0.717, 1.165) is 5.56 Å². The summed E-state index contributed by atoms with van der Waals surface area (Å²) in [7, 11) is 0. The van der Waals surface area contributed by atoms with Crippen LogP contribution in [0.3, 0.4) is 0 Å². The van der Waals surface area contributed by atoms with Crippen molar-refractivity contribution in [1.29, 1.82) is 0 Å². The Balaban J connectivity index is 2.43. The molecule has 0 aliphatic carbocycles. The molecule has 0 saturated carbocycles. The van der Waals surface area contributed by atoms with Crippen molar-refractivity contribution in [2.45, 2.75) is 39.7 Å². The van der Waals surface area contributed by atoms with Gasteiger partial charge in [-0.15, -0.1) is 0 Å². The summed E-state index contributed by atoms with van der Waals surface area (Å²) in [6.07, 6.45) is -0.280. The van der Waals surface area contributed by atoms with E-state index in [9.17, 15) is 9.59 Å². The summed E-state index contributed by atoms with van der Waals surface area (Å²) in [5.74, 6) is 0. The molecule has 0 atom stereocenters. The van der Waals surface area contributed by atoms with E-state index >= 15 is 0 Å². The molecule has 1 aromatic rings. The van der Waals surface area contributed by atoms with Crippen LogP contribution in [0, 0.1) is 0 Å². The number of benzene rings is 1. The van der Waals surface area contributed by atoms with Crippen molar-refractivity contribution in [2.24, 2.45) is 0 Å². The summed E-state index contributed by atoms with van der Waals surface area (Å²) >= 11 is 0. The Bertz CT molecular complexity index is 509. The standard InChI is InChI=1S/C16H24N2O4/c1-5-21-15(20)18-13-8-6-7-12(11-13)9-10-17-14(19)22-16(2,3)4/h6-8,11H,5,9-10H2,1-4H3,(H,17,19)(H,18,20). The van der Waals surface area contributed by atoms with E-state index in [4.69, 9.17) is 9.47 Å². The van der Waals surface area contributed by atoms with Gasteiger partial charge in [0, 0.05) is 12.2 Å². The van der Waals surface area contributed by atoms with E-state index in [1.807, 2.05) is 39.0 Å². The second-order valence-electron chi connectivity index (χ2n) is 5.72. The third kappa shape index (κ3) is 7.52. The SMILES string of the molecule is CCOC(=O)Nc1cccc(CCNC(=O)OC(C)(C)C)c1. The van der Waals surface area contributed by atoms with Gasteiger partial charge in [-0.3, -0.25) is 5.32 Å². The Kier molecular flexibility index (Phi) is 6.69. The van der Waals surface area contributed by atoms with E-state index in [-0.39, 0.29) is 0 Å². The van der Waals surface area contributed by atoms with Gasteiger partial charge >= 0.3 is 12.2 Å². The lowest BCUT2D eigenvalue weighted by Crippen LogP contribution is -2.33. The molecule has 6 nitrogen and oxygen atoms in total. The molecule has 0 bridgehead atoms. The minimum absolute atomic E-state index is 0.325. The molecule has 0 aromatic heterocycles. The fourth-order valence-corrected chi connectivity index (χ4v) is 1.71.